The second-order valence-electron chi connectivity index (χ2n) is 3.83. The van der Waals surface area contributed by atoms with Crippen LogP contribution in [0.1, 0.15) is 13.8 Å². The number of carbonyl (C=O) groups is 2. The molecular formula is C11H15N3O3S. The second-order valence-corrected chi connectivity index (χ2v) is 4.83. The standard InChI is InChI=1S/C11H15N3O3S/c1-8(2)12-11(16)13-9(15)7-18-10-5-3-4-6-14(10)17/h3-6,8H,7H2,1-2H3,(H2,12,13,15,16). The molecule has 1 heterocycles. The number of nitrogens with one attached hydrogen (secondary N) is 2. The van der Waals surface area contributed by atoms with Crippen molar-refractivity contribution in [2.45, 2.75) is 24.9 Å². The minimum absolute atomic E-state index is 0.0117. The molecule has 0 aromatic carbocycles. The Morgan fingerprint density at radius 1 is 1.44 bits per heavy atom. The Kier molecular flexibility index (Phi) is 5.44. The van der Waals surface area contributed by atoms with Gasteiger partial charge in [-0.3, -0.25) is 10.1 Å². The second kappa shape index (κ2) is 6.85. The van der Waals surface area contributed by atoms with Gasteiger partial charge in [0.1, 0.15) is 0 Å². The number of amides is 3. The highest BCUT2D eigenvalue weighted by atomic mass is 32.2. The minimum atomic E-state index is -0.529. The van der Waals surface area contributed by atoms with Crippen LogP contribution in [0.3, 0.4) is 0 Å². The Balaban J connectivity index is 2.38. The van der Waals surface area contributed by atoms with Crippen LogP contribution < -0.4 is 15.4 Å². The summed E-state index contributed by atoms with van der Waals surface area (Å²) in [6, 6.07) is 4.36. The molecule has 6 nitrogen and oxygen atoms in total. The van der Waals surface area contributed by atoms with Crippen LogP contribution in [0.15, 0.2) is 29.4 Å². The van der Waals surface area contributed by atoms with E-state index in [1.807, 2.05) is 0 Å². The van der Waals surface area contributed by atoms with Crippen molar-refractivity contribution in [3.63, 3.8) is 0 Å². The highest BCUT2D eigenvalue weighted by Crippen LogP contribution is 2.11. The minimum Gasteiger partial charge on any atom is -0.618 e. The third kappa shape index (κ3) is 5.05. The number of imide groups is 1. The van der Waals surface area contributed by atoms with Crippen molar-refractivity contribution < 1.29 is 14.3 Å². The topological polar surface area (TPSA) is 85.1 Å². The number of pyridine rings is 1. The van der Waals surface area contributed by atoms with E-state index >= 15 is 0 Å². The van der Waals surface area contributed by atoms with Gasteiger partial charge >= 0.3 is 6.03 Å². The molecule has 0 spiro atoms. The monoisotopic (exact) mass is 269 g/mol. The maximum Gasteiger partial charge on any atom is 0.321 e. The lowest BCUT2D eigenvalue weighted by atomic mass is 10.4. The number of carbonyl (C=O) groups excluding carboxylic acids is 2. The third-order valence-electron chi connectivity index (χ3n) is 1.81. The molecule has 1 aromatic rings. The van der Waals surface area contributed by atoms with Crippen molar-refractivity contribution in [1.82, 2.24) is 10.6 Å². The Morgan fingerprint density at radius 2 is 2.17 bits per heavy atom. The molecule has 1 rings (SSSR count). The summed E-state index contributed by atoms with van der Waals surface area (Å²) in [5, 5.41) is 16.4. The largest absolute Gasteiger partial charge is 0.618 e. The summed E-state index contributed by atoms with van der Waals surface area (Å²) < 4.78 is 0.673. The lowest BCUT2D eigenvalue weighted by molar-refractivity contribution is -0.645. The van der Waals surface area contributed by atoms with Crippen LogP contribution >= 0.6 is 11.8 Å². The van der Waals surface area contributed by atoms with Gasteiger partial charge in [-0.2, -0.15) is 4.73 Å². The zero-order valence-electron chi connectivity index (χ0n) is 10.2. The van der Waals surface area contributed by atoms with Crippen LogP contribution in [-0.2, 0) is 4.79 Å². The number of hydrogen-bond acceptors (Lipinski definition) is 4. The van der Waals surface area contributed by atoms with Gasteiger partial charge in [-0.1, -0.05) is 0 Å². The molecule has 0 saturated heterocycles. The van der Waals surface area contributed by atoms with E-state index in [-0.39, 0.29) is 11.8 Å². The number of thioether (sulfide) groups is 1. The number of nitrogens with zero attached hydrogens (tertiary/aromatic N) is 1. The SMILES string of the molecule is CC(C)NC(=O)NC(=O)CSc1cccc[n+]1[O-]. The summed E-state index contributed by atoms with van der Waals surface area (Å²) >= 11 is 1.07. The number of hydrogen-bond donors (Lipinski definition) is 2. The Bertz CT molecular complexity index is 437. The lowest BCUT2D eigenvalue weighted by Gasteiger charge is -2.08. The highest BCUT2D eigenvalue weighted by molar-refractivity contribution is 7.99. The predicted octanol–water partition coefficient (Wildman–Crippen LogP) is 0.646. The third-order valence-corrected chi connectivity index (χ3v) is 2.83. The maximum atomic E-state index is 11.4. The van der Waals surface area contributed by atoms with Crippen molar-refractivity contribution in [1.29, 1.82) is 0 Å². The molecule has 0 aliphatic rings. The van der Waals surface area contributed by atoms with Gasteiger partial charge in [0.2, 0.25) is 5.91 Å². The molecule has 2 N–H and O–H groups in total. The Morgan fingerprint density at radius 3 is 2.78 bits per heavy atom. The molecule has 0 unspecified atom stereocenters. The summed E-state index contributed by atoms with van der Waals surface area (Å²) in [5.41, 5.74) is 0. The first kappa shape index (κ1) is 14.3. The molecule has 7 heteroatoms. The van der Waals surface area contributed by atoms with Crippen LogP contribution in [0.5, 0.6) is 0 Å². The molecule has 98 valence electrons. The smallest absolute Gasteiger partial charge is 0.321 e. The van der Waals surface area contributed by atoms with Crippen molar-refractivity contribution in [3.8, 4) is 0 Å². The normalized spacial score (nSPS) is 10.2. The first-order chi connectivity index (χ1) is 8.49. The summed E-state index contributed by atoms with van der Waals surface area (Å²) in [6.45, 7) is 3.59. The summed E-state index contributed by atoms with van der Waals surface area (Å²) in [5.74, 6) is -0.431. The Labute approximate surface area is 109 Å². The summed E-state index contributed by atoms with van der Waals surface area (Å²) in [4.78, 5) is 22.6. The van der Waals surface area contributed by atoms with Gasteiger partial charge in [0.05, 0.1) is 5.75 Å². The molecule has 3 amide bonds. The van der Waals surface area contributed by atoms with Crippen LogP contribution in [0.2, 0.25) is 0 Å². The van der Waals surface area contributed by atoms with Gasteiger partial charge in [-0.25, -0.2) is 4.79 Å². The molecule has 0 atom stereocenters. The molecule has 1 aromatic heterocycles. The van der Waals surface area contributed by atoms with E-state index in [0.29, 0.717) is 9.76 Å². The molecule has 0 bridgehead atoms. The first-order valence-electron chi connectivity index (χ1n) is 5.40. The van der Waals surface area contributed by atoms with E-state index in [0.717, 1.165) is 11.8 Å². The summed E-state index contributed by atoms with van der Waals surface area (Å²) in [6.07, 6.45) is 1.35. The van der Waals surface area contributed by atoms with Gasteiger partial charge in [0.25, 0.3) is 5.03 Å². The predicted molar refractivity (Wildman–Crippen MR) is 67.9 cm³/mol. The van der Waals surface area contributed by atoms with Gasteiger partial charge in [0, 0.05) is 18.2 Å². The fourth-order valence-electron chi connectivity index (χ4n) is 1.12. The average Bonchev–Trinajstić information content (AvgIpc) is 2.26. The maximum absolute atomic E-state index is 11.4. The van der Waals surface area contributed by atoms with Gasteiger partial charge in [-0.15, -0.1) is 0 Å². The quantitative estimate of drug-likeness (QED) is 0.477. The van der Waals surface area contributed by atoms with Crippen LogP contribution in [0.25, 0.3) is 0 Å². The molecule has 0 saturated carbocycles. The first-order valence-corrected chi connectivity index (χ1v) is 6.39. The van der Waals surface area contributed by atoms with Crippen molar-refractivity contribution in [2.24, 2.45) is 0 Å². The molecule has 0 aliphatic heterocycles. The van der Waals surface area contributed by atoms with E-state index in [2.05, 4.69) is 10.6 Å². The van der Waals surface area contributed by atoms with Crippen molar-refractivity contribution in [2.75, 3.05) is 5.75 Å². The highest BCUT2D eigenvalue weighted by Gasteiger charge is 2.11. The van der Waals surface area contributed by atoms with Gasteiger partial charge < -0.3 is 10.5 Å². The van der Waals surface area contributed by atoms with E-state index in [9.17, 15) is 14.8 Å². The van der Waals surface area contributed by atoms with Crippen molar-refractivity contribution in [3.05, 3.63) is 29.6 Å². The van der Waals surface area contributed by atoms with E-state index < -0.39 is 11.9 Å². The van der Waals surface area contributed by atoms with Crippen LogP contribution in [0, 0.1) is 5.21 Å². The summed E-state index contributed by atoms with van der Waals surface area (Å²) in [7, 11) is 0. The lowest BCUT2D eigenvalue weighted by Crippen LogP contribution is -2.43. The molecule has 0 radical (unpaired) electrons. The van der Waals surface area contributed by atoms with E-state index in [1.54, 1.807) is 32.0 Å². The Hall–Kier alpha value is -1.76. The van der Waals surface area contributed by atoms with E-state index in [4.69, 9.17) is 0 Å². The van der Waals surface area contributed by atoms with Gasteiger partial charge in [0.15, 0.2) is 6.20 Å². The van der Waals surface area contributed by atoms with E-state index in [1.165, 1.54) is 6.20 Å². The molecule has 18 heavy (non-hydrogen) atoms. The van der Waals surface area contributed by atoms with Crippen molar-refractivity contribution >= 4 is 23.7 Å². The molecule has 0 fully saturated rings. The number of rotatable bonds is 4. The number of aromatic nitrogens is 1. The number of urea groups is 1. The fraction of sp³-hybridized carbons (Fsp3) is 0.364. The zero-order valence-corrected chi connectivity index (χ0v) is 11.0. The fourth-order valence-corrected chi connectivity index (χ4v) is 1.84. The van der Waals surface area contributed by atoms with Gasteiger partial charge in [-0.05, 0) is 31.7 Å². The van der Waals surface area contributed by atoms with Crippen LogP contribution in [-0.4, -0.2) is 23.7 Å². The molecular weight excluding hydrogens is 254 g/mol. The average molecular weight is 269 g/mol. The molecule has 0 aliphatic carbocycles. The van der Waals surface area contributed by atoms with Crippen LogP contribution in [0.4, 0.5) is 4.79 Å². The zero-order chi connectivity index (χ0) is 13.5.